The molecule has 0 spiro atoms. The van der Waals surface area contributed by atoms with Gasteiger partial charge in [-0.1, -0.05) is 36.8 Å². The van der Waals surface area contributed by atoms with Gasteiger partial charge in [-0.2, -0.15) is 0 Å². The van der Waals surface area contributed by atoms with Crippen molar-refractivity contribution in [1.82, 2.24) is 5.32 Å². The molecule has 2 aromatic carbocycles. The highest BCUT2D eigenvalue weighted by Crippen LogP contribution is 2.24. The Morgan fingerprint density at radius 3 is 2.36 bits per heavy atom. The second-order valence-corrected chi connectivity index (χ2v) is 5.53. The molecule has 0 heterocycles. The first kappa shape index (κ1) is 16.1. The summed E-state index contributed by atoms with van der Waals surface area (Å²) in [6.45, 7) is 6.09. The Kier molecular flexibility index (Phi) is 5.21. The van der Waals surface area contributed by atoms with E-state index >= 15 is 0 Å². The first-order chi connectivity index (χ1) is 10.5. The molecule has 1 atom stereocenters. The van der Waals surface area contributed by atoms with Gasteiger partial charge < -0.3 is 10.1 Å². The average molecular weight is 297 g/mol. The van der Waals surface area contributed by atoms with Gasteiger partial charge in [0.2, 0.25) is 0 Å². The van der Waals surface area contributed by atoms with Crippen molar-refractivity contribution >= 4 is 5.91 Å². The number of carbonyl (C=O) groups is 1. The van der Waals surface area contributed by atoms with Crippen molar-refractivity contribution in [3.05, 3.63) is 64.7 Å². The van der Waals surface area contributed by atoms with Gasteiger partial charge in [-0.15, -0.1) is 0 Å². The van der Waals surface area contributed by atoms with E-state index in [9.17, 15) is 4.79 Å². The second-order valence-electron chi connectivity index (χ2n) is 5.53. The van der Waals surface area contributed by atoms with E-state index in [1.165, 1.54) is 0 Å². The van der Waals surface area contributed by atoms with E-state index in [-0.39, 0.29) is 11.9 Å². The summed E-state index contributed by atoms with van der Waals surface area (Å²) in [5.41, 5.74) is 4.01. The SMILES string of the molecule is CC[C@H](NC(=O)c1ccc(C)cc1)c1ccc(OC)c(C)c1. The summed E-state index contributed by atoms with van der Waals surface area (Å²) in [6.07, 6.45) is 0.837. The number of benzene rings is 2. The van der Waals surface area contributed by atoms with Crippen LogP contribution in [0, 0.1) is 13.8 Å². The van der Waals surface area contributed by atoms with Crippen molar-refractivity contribution in [3.8, 4) is 5.75 Å². The van der Waals surface area contributed by atoms with Crippen LogP contribution >= 0.6 is 0 Å². The third kappa shape index (κ3) is 3.67. The third-order valence-corrected chi connectivity index (χ3v) is 3.85. The van der Waals surface area contributed by atoms with Crippen LogP contribution in [0.2, 0.25) is 0 Å². The van der Waals surface area contributed by atoms with E-state index in [1.807, 2.05) is 50.2 Å². The van der Waals surface area contributed by atoms with Gasteiger partial charge in [0.05, 0.1) is 13.2 Å². The monoisotopic (exact) mass is 297 g/mol. The third-order valence-electron chi connectivity index (χ3n) is 3.85. The van der Waals surface area contributed by atoms with Crippen molar-refractivity contribution in [2.24, 2.45) is 0 Å². The number of nitrogens with one attached hydrogen (secondary N) is 1. The molecule has 0 fully saturated rings. The summed E-state index contributed by atoms with van der Waals surface area (Å²) in [5, 5.41) is 3.10. The zero-order valence-corrected chi connectivity index (χ0v) is 13.6. The van der Waals surface area contributed by atoms with E-state index < -0.39 is 0 Å². The summed E-state index contributed by atoms with van der Waals surface area (Å²) in [6, 6.07) is 13.6. The molecule has 0 saturated heterocycles. The maximum absolute atomic E-state index is 12.4. The smallest absolute Gasteiger partial charge is 0.251 e. The van der Waals surface area contributed by atoms with E-state index in [0.29, 0.717) is 5.56 Å². The van der Waals surface area contributed by atoms with Crippen LogP contribution in [0.25, 0.3) is 0 Å². The molecule has 2 aromatic rings. The number of hydrogen-bond acceptors (Lipinski definition) is 2. The van der Waals surface area contributed by atoms with Gasteiger partial charge in [0, 0.05) is 5.56 Å². The number of carbonyl (C=O) groups excluding carboxylic acids is 1. The highest BCUT2D eigenvalue weighted by atomic mass is 16.5. The fraction of sp³-hybridized carbons (Fsp3) is 0.316. The molecule has 116 valence electrons. The molecule has 1 amide bonds. The molecular weight excluding hydrogens is 274 g/mol. The molecule has 2 rings (SSSR count). The molecule has 0 aromatic heterocycles. The number of amides is 1. The highest BCUT2D eigenvalue weighted by molar-refractivity contribution is 5.94. The zero-order chi connectivity index (χ0) is 16.1. The Balaban J connectivity index is 2.16. The van der Waals surface area contributed by atoms with Crippen LogP contribution in [-0.4, -0.2) is 13.0 Å². The summed E-state index contributed by atoms with van der Waals surface area (Å²) in [4.78, 5) is 12.4. The first-order valence-corrected chi connectivity index (χ1v) is 7.57. The van der Waals surface area contributed by atoms with Crippen molar-refractivity contribution in [1.29, 1.82) is 0 Å². The van der Waals surface area contributed by atoms with Gasteiger partial charge in [-0.25, -0.2) is 0 Å². The van der Waals surface area contributed by atoms with Crippen LogP contribution in [0.5, 0.6) is 5.75 Å². The van der Waals surface area contributed by atoms with Crippen molar-refractivity contribution in [2.75, 3.05) is 7.11 Å². The van der Waals surface area contributed by atoms with Gasteiger partial charge in [0.25, 0.3) is 5.91 Å². The normalized spacial score (nSPS) is 11.8. The van der Waals surface area contributed by atoms with Crippen LogP contribution in [0.1, 0.15) is 46.4 Å². The van der Waals surface area contributed by atoms with E-state index in [4.69, 9.17) is 4.74 Å². The number of methoxy groups -OCH3 is 1. The minimum atomic E-state index is -0.0414. The quantitative estimate of drug-likeness (QED) is 0.898. The minimum Gasteiger partial charge on any atom is -0.496 e. The van der Waals surface area contributed by atoms with Gasteiger partial charge in [0.1, 0.15) is 5.75 Å². The van der Waals surface area contributed by atoms with Gasteiger partial charge in [0.15, 0.2) is 0 Å². The Hall–Kier alpha value is -2.29. The molecule has 0 bridgehead atoms. The summed E-state index contributed by atoms with van der Waals surface area (Å²) >= 11 is 0. The first-order valence-electron chi connectivity index (χ1n) is 7.57. The lowest BCUT2D eigenvalue weighted by atomic mass is 10.0. The number of ether oxygens (including phenoxy) is 1. The van der Waals surface area contributed by atoms with Crippen molar-refractivity contribution < 1.29 is 9.53 Å². The fourth-order valence-corrected chi connectivity index (χ4v) is 2.49. The molecule has 1 N–H and O–H groups in total. The summed E-state index contributed by atoms with van der Waals surface area (Å²) < 4.78 is 5.29. The fourth-order valence-electron chi connectivity index (χ4n) is 2.49. The lowest BCUT2D eigenvalue weighted by Crippen LogP contribution is -2.28. The zero-order valence-electron chi connectivity index (χ0n) is 13.6. The molecule has 0 saturated carbocycles. The molecule has 0 unspecified atom stereocenters. The number of rotatable bonds is 5. The predicted octanol–water partition coefficient (Wildman–Crippen LogP) is 4.19. The maximum Gasteiger partial charge on any atom is 0.251 e. The summed E-state index contributed by atoms with van der Waals surface area (Å²) in [7, 11) is 1.67. The predicted molar refractivity (Wildman–Crippen MR) is 89.4 cm³/mol. The van der Waals surface area contributed by atoms with Gasteiger partial charge in [-0.3, -0.25) is 4.79 Å². The molecule has 22 heavy (non-hydrogen) atoms. The number of hydrogen-bond donors (Lipinski definition) is 1. The lowest BCUT2D eigenvalue weighted by molar-refractivity contribution is 0.0935. The Labute approximate surface area is 132 Å². The lowest BCUT2D eigenvalue weighted by Gasteiger charge is -2.19. The summed E-state index contributed by atoms with van der Waals surface area (Å²) in [5.74, 6) is 0.823. The Morgan fingerprint density at radius 1 is 1.14 bits per heavy atom. The van der Waals surface area contributed by atoms with E-state index in [0.717, 1.165) is 28.9 Å². The molecule has 0 aliphatic rings. The van der Waals surface area contributed by atoms with E-state index in [1.54, 1.807) is 7.11 Å². The Morgan fingerprint density at radius 2 is 1.82 bits per heavy atom. The standard InChI is InChI=1S/C19H23NO2/c1-5-17(16-10-11-18(22-4)14(3)12-16)20-19(21)15-8-6-13(2)7-9-15/h6-12,17H,5H2,1-4H3,(H,20,21)/t17-/m0/s1. The number of aryl methyl sites for hydroxylation is 2. The topological polar surface area (TPSA) is 38.3 Å². The molecule has 0 radical (unpaired) electrons. The molecular formula is C19H23NO2. The van der Waals surface area contributed by atoms with Crippen LogP contribution in [-0.2, 0) is 0 Å². The van der Waals surface area contributed by atoms with Gasteiger partial charge >= 0.3 is 0 Å². The van der Waals surface area contributed by atoms with Gasteiger partial charge in [-0.05, 0) is 49.6 Å². The minimum absolute atomic E-state index is 0.00147. The molecule has 3 nitrogen and oxygen atoms in total. The van der Waals surface area contributed by atoms with Crippen LogP contribution in [0.3, 0.4) is 0 Å². The van der Waals surface area contributed by atoms with E-state index in [2.05, 4.69) is 18.3 Å². The van der Waals surface area contributed by atoms with Crippen molar-refractivity contribution in [3.63, 3.8) is 0 Å². The molecule has 0 aliphatic carbocycles. The average Bonchev–Trinajstić information content (AvgIpc) is 2.53. The van der Waals surface area contributed by atoms with Crippen molar-refractivity contribution in [2.45, 2.75) is 33.2 Å². The Bertz CT molecular complexity index is 647. The highest BCUT2D eigenvalue weighted by Gasteiger charge is 2.15. The van der Waals surface area contributed by atoms with Crippen LogP contribution in [0.4, 0.5) is 0 Å². The maximum atomic E-state index is 12.4. The second kappa shape index (κ2) is 7.12. The largest absolute Gasteiger partial charge is 0.496 e. The molecule has 0 aliphatic heterocycles. The van der Waals surface area contributed by atoms with Crippen LogP contribution in [0.15, 0.2) is 42.5 Å². The van der Waals surface area contributed by atoms with Crippen LogP contribution < -0.4 is 10.1 Å². The molecule has 3 heteroatoms.